The van der Waals surface area contributed by atoms with E-state index in [1.807, 2.05) is 18.7 Å². The van der Waals surface area contributed by atoms with Gasteiger partial charge in [0.15, 0.2) is 0 Å². The largest absolute Gasteiger partial charge is 0.480 e. The van der Waals surface area contributed by atoms with Gasteiger partial charge >= 0.3 is 5.97 Å². The van der Waals surface area contributed by atoms with E-state index in [0.29, 0.717) is 32.2 Å². The van der Waals surface area contributed by atoms with Gasteiger partial charge in [-0.05, 0) is 101 Å². The number of likely N-dealkylation sites (tertiary alicyclic amines) is 1. The molecule has 1 saturated carbocycles. The summed E-state index contributed by atoms with van der Waals surface area (Å²) in [5, 5.41) is 10.2. The molecule has 0 radical (unpaired) electrons. The maximum Gasteiger partial charge on any atom is 0.325 e. The van der Waals surface area contributed by atoms with Crippen molar-refractivity contribution in [1.29, 1.82) is 0 Å². The Balaban J connectivity index is 1.13. The lowest BCUT2D eigenvalue weighted by atomic mass is 9.95. The molecule has 1 saturated heterocycles. The Morgan fingerprint density at radius 2 is 2.00 bits per heavy atom. The van der Waals surface area contributed by atoms with Crippen LogP contribution >= 0.6 is 0 Å². The Morgan fingerprint density at radius 1 is 1.16 bits per heavy atom. The Labute approximate surface area is 227 Å². The summed E-state index contributed by atoms with van der Waals surface area (Å²) >= 11 is 0. The van der Waals surface area contributed by atoms with Gasteiger partial charge in [-0.3, -0.25) is 19.7 Å². The zero-order valence-corrected chi connectivity index (χ0v) is 23.0. The van der Waals surface area contributed by atoms with Crippen LogP contribution in [0.3, 0.4) is 0 Å². The number of aliphatic carboxylic acids is 1. The lowest BCUT2D eigenvalue weighted by Gasteiger charge is -2.26. The second-order valence-electron chi connectivity index (χ2n) is 11.5. The Hall–Kier alpha value is -2.35. The first-order chi connectivity index (χ1) is 18.5. The summed E-state index contributed by atoms with van der Waals surface area (Å²) in [4.78, 5) is 24.1. The van der Waals surface area contributed by atoms with Crippen LogP contribution < -0.4 is 0 Å². The molecule has 1 unspecified atom stereocenters. The molecule has 2 aromatic rings. The van der Waals surface area contributed by atoms with E-state index in [1.165, 1.54) is 36.2 Å². The van der Waals surface area contributed by atoms with Crippen LogP contribution in [0.5, 0.6) is 0 Å². The molecular weight excluding hydrogens is 478 g/mol. The number of hydrogen-bond acceptors (Lipinski definition) is 6. The van der Waals surface area contributed by atoms with Crippen molar-refractivity contribution < 1.29 is 19.4 Å². The first-order valence-electron chi connectivity index (χ1n) is 14.6. The van der Waals surface area contributed by atoms with Crippen LogP contribution in [0, 0.1) is 0 Å². The standard InChI is InChI=1S/C31H43N3O4/c1-21(2)38-20-24-17-29(23-10-11-23)32-18-27(24)30(31(35)36)34-15-14-26(19-34)37-16-6-5-8-25-13-12-22-7-3-4-9-28(22)33-25/h12-13,17-18,21,23,26,30H,3-11,14-16,19-20H2,1-2H3,(H,35,36)/t26-,30?/m1/s1. The van der Waals surface area contributed by atoms with Crippen LogP contribution in [0.25, 0.3) is 0 Å². The number of carboxylic acids is 1. The van der Waals surface area contributed by atoms with Crippen LogP contribution in [0.1, 0.15) is 105 Å². The van der Waals surface area contributed by atoms with Gasteiger partial charge in [0.25, 0.3) is 0 Å². The van der Waals surface area contributed by atoms with Gasteiger partial charge < -0.3 is 14.6 Å². The van der Waals surface area contributed by atoms with Crippen molar-refractivity contribution in [2.24, 2.45) is 0 Å². The number of aryl methyl sites for hydroxylation is 3. The normalized spacial score (nSPS) is 20.6. The molecule has 0 amide bonds. The summed E-state index contributed by atoms with van der Waals surface area (Å²) in [6.07, 6.45) is 13.0. The van der Waals surface area contributed by atoms with Crippen molar-refractivity contribution in [2.45, 2.75) is 109 Å². The van der Waals surface area contributed by atoms with Crippen molar-refractivity contribution >= 4 is 5.97 Å². The van der Waals surface area contributed by atoms with Gasteiger partial charge in [-0.1, -0.05) is 6.07 Å². The highest BCUT2D eigenvalue weighted by Gasteiger charge is 2.36. The maximum atomic E-state index is 12.5. The van der Waals surface area contributed by atoms with E-state index in [-0.39, 0.29) is 12.2 Å². The molecule has 2 fully saturated rings. The maximum absolute atomic E-state index is 12.5. The van der Waals surface area contributed by atoms with Gasteiger partial charge in [0.2, 0.25) is 0 Å². The molecule has 3 aliphatic rings. The van der Waals surface area contributed by atoms with Crippen molar-refractivity contribution in [3.05, 3.63) is 58.2 Å². The number of carboxylic acid groups (broad SMARTS) is 1. The second-order valence-corrected chi connectivity index (χ2v) is 11.5. The average Bonchev–Trinajstić information content (AvgIpc) is 3.66. The summed E-state index contributed by atoms with van der Waals surface area (Å²) in [6.45, 7) is 6.44. The predicted molar refractivity (Wildman–Crippen MR) is 146 cm³/mol. The van der Waals surface area contributed by atoms with E-state index < -0.39 is 12.0 Å². The Bertz CT molecular complexity index is 1100. The summed E-state index contributed by atoms with van der Waals surface area (Å²) in [5.74, 6) is -0.326. The Kier molecular flexibility index (Phi) is 9.08. The quantitative estimate of drug-likeness (QED) is 0.353. The second kappa shape index (κ2) is 12.7. The van der Waals surface area contributed by atoms with Crippen molar-refractivity contribution in [3.8, 4) is 0 Å². The third-order valence-corrected chi connectivity index (χ3v) is 8.10. The molecule has 1 aliphatic heterocycles. The zero-order chi connectivity index (χ0) is 26.5. The summed E-state index contributed by atoms with van der Waals surface area (Å²) in [7, 11) is 0. The lowest BCUT2D eigenvalue weighted by Crippen LogP contribution is -2.34. The van der Waals surface area contributed by atoms with E-state index in [9.17, 15) is 9.90 Å². The van der Waals surface area contributed by atoms with E-state index >= 15 is 0 Å². The zero-order valence-electron chi connectivity index (χ0n) is 23.0. The van der Waals surface area contributed by atoms with Crippen molar-refractivity contribution in [1.82, 2.24) is 14.9 Å². The molecule has 1 N–H and O–H groups in total. The van der Waals surface area contributed by atoms with Crippen LogP contribution in [0.2, 0.25) is 0 Å². The highest BCUT2D eigenvalue weighted by atomic mass is 16.5. The molecule has 7 heteroatoms. The number of unbranched alkanes of at least 4 members (excludes halogenated alkanes) is 1. The summed E-state index contributed by atoms with van der Waals surface area (Å²) in [6, 6.07) is 5.81. The molecular formula is C31H43N3O4. The molecule has 2 aromatic heterocycles. The molecule has 0 aromatic carbocycles. The third-order valence-electron chi connectivity index (χ3n) is 8.10. The first kappa shape index (κ1) is 27.2. The monoisotopic (exact) mass is 521 g/mol. The molecule has 0 spiro atoms. The number of nitrogens with zero attached hydrogens (tertiary/aromatic N) is 3. The van der Waals surface area contributed by atoms with E-state index in [2.05, 4.69) is 23.2 Å². The number of hydrogen-bond donors (Lipinski definition) is 1. The average molecular weight is 522 g/mol. The summed E-state index contributed by atoms with van der Waals surface area (Å²) in [5.41, 5.74) is 6.70. The number of aromatic nitrogens is 2. The third kappa shape index (κ3) is 6.99. The fraction of sp³-hybridized carbons (Fsp3) is 0.645. The fourth-order valence-electron chi connectivity index (χ4n) is 5.79. The smallest absolute Gasteiger partial charge is 0.325 e. The minimum atomic E-state index is -0.838. The predicted octanol–water partition coefficient (Wildman–Crippen LogP) is 5.40. The van der Waals surface area contributed by atoms with Crippen LogP contribution in [0.4, 0.5) is 0 Å². The van der Waals surface area contributed by atoms with Gasteiger partial charge in [-0.25, -0.2) is 0 Å². The molecule has 2 aliphatic carbocycles. The molecule has 3 heterocycles. The van der Waals surface area contributed by atoms with Gasteiger partial charge in [0.05, 0.1) is 18.8 Å². The SMILES string of the molecule is CC(C)OCc1cc(C2CC2)ncc1C(C(=O)O)N1CC[C@@H](OCCCCc2ccc3c(n2)CCCC3)C1. The van der Waals surface area contributed by atoms with Crippen molar-refractivity contribution in [3.63, 3.8) is 0 Å². The van der Waals surface area contributed by atoms with Gasteiger partial charge in [-0.15, -0.1) is 0 Å². The van der Waals surface area contributed by atoms with Crippen LogP contribution in [-0.4, -0.2) is 57.8 Å². The number of fused-ring (bicyclic) bond motifs is 1. The van der Waals surface area contributed by atoms with E-state index in [4.69, 9.17) is 14.5 Å². The van der Waals surface area contributed by atoms with Crippen LogP contribution in [-0.2, 0) is 40.1 Å². The summed E-state index contributed by atoms with van der Waals surface area (Å²) < 4.78 is 12.1. The molecule has 7 nitrogen and oxygen atoms in total. The molecule has 2 atom stereocenters. The first-order valence-corrected chi connectivity index (χ1v) is 14.6. The van der Waals surface area contributed by atoms with E-state index in [1.54, 1.807) is 6.20 Å². The number of pyridine rings is 2. The Morgan fingerprint density at radius 3 is 2.79 bits per heavy atom. The topological polar surface area (TPSA) is 84.8 Å². The van der Waals surface area contributed by atoms with Crippen LogP contribution in [0.15, 0.2) is 24.4 Å². The molecule has 38 heavy (non-hydrogen) atoms. The van der Waals surface area contributed by atoms with Gasteiger partial charge in [-0.2, -0.15) is 0 Å². The number of carbonyl (C=O) groups is 1. The molecule has 5 rings (SSSR count). The minimum Gasteiger partial charge on any atom is -0.480 e. The fourth-order valence-corrected chi connectivity index (χ4v) is 5.79. The number of rotatable bonds is 13. The number of ether oxygens (including phenoxy) is 2. The highest BCUT2D eigenvalue weighted by Crippen LogP contribution is 2.40. The van der Waals surface area contributed by atoms with Gasteiger partial charge in [0.1, 0.15) is 6.04 Å². The van der Waals surface area contributed by atoms with E-state index in [0.717, 1.165) is 61.8 Å². The lowest BCUT2D eigenvalue weighted by molar-refractivity contribution is -0.143. The van der Waals surface area contributed by atoms with Crippen molar-refractivity contribution in [2.75, 3.05) is 19.7 Å². The molecule has 0 bridgehead atoms. The highest BCUT2D eigenvalue weighted by molar-refractivity contribution is 5.76. The van der Waals surface area contributed by atoms with Gasteiger partial charge in [0, 0.05) is 54.5 Å². The molecule has 206 valence electrons. The minimum absolute atomic E-state index is 0.0628.